The quantitative estimate of drug-likeness (QED) is 0.676. The molecule has 0 unspecified atom stereocenters. The topological polar surface area (TPSA) is 59.5 Å². The van der Waals surface area contributed by atoms with Crippen LogP contribution in [0.25, 0.3) is 10.9 Å². The molecule has 2 atom stereocenters. The van der Waals surface area contributed by atoms with Crippen LogP contribution in [0.4, 0.5) is 0 Å². The maximum Gasteiger partial charge on any atom is 0.339 e. The fourth-order valence-electron chi connectivity index (χ4n) is 6.64. The van der Waals surface area contributed by atoms with Gasteiger partial charge in [0.15, 0.2) is 6.61 Å². The molecular weight excluding hydrogens is 388 g/mol. The lowest BCUT2D eigenvalue weighted by Crippen LogP contribution is -2.40. The summed E-state index contributed by atoms with van der Waals surface area (Å²) in [5.74, 6) is -0.453. The zero-order valence-corrected chi connectivity index (χ0v) is 18.9. The summed E-state index contributed by atoms with van der Waals surface area (Å²) in [6.45, 7) is 7.46. The van der Waals surface area contributed by atoms with E-state index in [1.54, 1.807) is 0 Å². The van der Waals surface area contributed by atoms with Crippen LogP contribution in [0.2, 0.25) is 0 Å². The van der Waals surface area contributed by atoms with Crippen LogP contribution in [-0.4, -0.2) is 41.0 Å². The number of carbonyl (C=O) groups is 2. The highest BCUT2D eigenvalue weighted by atomic mass is 16.5. The molecule has 0 spiro atoms. The zero-order valence-electron chi connectivity index (χ0n) is 18.9. The average molecular weight is 421 g/mol. The van der Waals surface area contributed by atoms with Gasteiger partial charge in [-0.25, -0.2) is 4.79 Å². The summed E-state index contributed by atoms with van der Waals surface area (Å²) in [6, 6.07) is 8.00. The molecule has 1 amide bonds. The Balaban J connectivity index is 1.36. The summed E-state index contributed by atoms with van der Waals surface area (Å²) in [5, 5.41) is 0.826. The molecule has 5 nitrogen and oxygen atoms in total. The molecule has 1 saturated carbocycles. The number of amides is 1. The Bertz CT molecular complexity index is 1060. The Hall–Kier alpha value is -2.43. The van der Waals surface area contributed by atoms with Crippen molar-refractivity contribution < 1.29 is 14.3 Å². The number of nitrogens with zero attached hydrogens (tertiary/aromatic N) is 2. The van der Waals surface area contributed by atoms with Crippen LogP contribution in [0.3, 0.4) is 0 Å². The van der Waals surface area contributed by atoms with Crippen LogP contribution < -0.4 is 0 Å². The third-order valence-electron chi connectivity index (χ3n) is 7.44. The number of benzene rings is 1. The fraction of sp³-hybridized carbons (Fsp3) is 0.577. The molecule has 0 N–H and O–H groups in total. The number of aromatic nitrogens is 1. The van der Waals surface area contributed by atoms with Crippen molar-refractivity contribution in [1.29, 1.82) is 0 Å². The minimum atomic E-state index is -0.390. The van der Waals surface area contributed by atoms with E-state index < -0.39 is 0 Å². The molecular formula is C26H32N2O3. The van der Waals surface area contributed by atoms with Gasteiger partial charge in [-0.1, -0.05) is 39.0 Å². The summed E-state index contributed by atoms with van der Waals surface area (Å²) >= 11 is 0. The first-order chi connectivity index (χ1) is 14.7. The fourth-order valence-corrected chi connectivity index (χ4v) is 6.64. The summed E-state index contributed by atoms with van der Waals surface area (Å²) < 4.78 is 5.65. The van der Waals surface area contributed by atoms with E-state index in [-0.39, 0.29) is 35.4 Å². The van der Waals surface area contributed by atoms with Crippen LogP contribution in [0.15, 0.2) is 24.3 Å². The van der Waals surface area contributed by atoms with Gasteiger partial charge in [0.1, 0.15) is 0 Å². The van der Waals surface area contributed by atoms with Crippen molar-refractivity contribution in [3.8, 4) is 0 Å². The maximum absolute atomic E-state index is 13.2. The monoisotopic (exact) mass is 420 g/mol. The Labute approximate surface area is 184 Å². The van der Waals surface area contributed by atoms with Crippen LogP contribution in [0, 0.1) is 10.8 Å². The summed E-state index contributed by atoms with van der Waals surface area (Å²) in [5.41, 5.74) is 3.87. The van der Waals surface area contributed by atoms with Crippen molar-refractivity contribution in [1.82, 2.24) is 9.88 Å². The first-order valence-corrected chi connectivity index (χ1v) is 11.6. The van der Waals surface area contributed by atoms with Gasteiger partial charge < -0.3 is 9.64 Å². The molecule has 2 bridgehead atoms. The van der Waals surface area contributed by atoms with E-state index in [1.165, 1.54) is 0 Å². The lowest BCUT2D eigenvalue weighted by Gasteiger charge is -2.39. The van der Waals surface area contributed by atoms with Gasteiger partial charge in [0, 0.05) is 23.7 Å². The minimum Gasteiger partial charge on any atom is -0.452 e. The zero-order chi connectivity index (χ0) is 21.8. The molecule has 164 valence electrons. The Kier molecular flexibility index (Phi) is 4.83. The Morgan fingerprint density at radius 3 is 2.74 bits per heavy atom. The normalized spacial score (nSPS) is 26.5. The summed E-state index contributed by atoms with van der Waals surface area (Å²) in [6.07, 6.45) is 7.09. The number of para-hydroxylation sites is 1. The maximum atomic E-state index is 13.2. The molecule has 2 heterocycles. The third-order valence-corrected chi connectivity index (χ3v) is 7.44. The predicted molar refractivity (Wildman–Crippen MR) is 120 cm³/mol. The van der Waals surface area contributed by atoms with Crippen molar-refractivity contribution in [3.05, 3.63) is 41.1 Å². The highest BCUT2D eigenvalue weighted by Crippen LogP contribution is 2.52. The average Bonchev–Trinajstić information content (AvgIpc) is 2.98. The largest absolute Gasteiger partial charge is 0.452 e. The van der Waals surface area contributed by atoms with E-state index in [0.717, 1.165) is 73.7 Å². The molecule has 2 aromatic rings. The van der Waals surface area contributed by atoms with Crippen LogP contribution in [-0.2, 0) is 22.4 Å². The number of ether oxygens (including phenoxy) is 1. The first-order valence-electron chi connectivity index (χ1n) is 11.6. The molecule has 5 heteroatoms. The van der Waals surface area contributed by atoms with Gasteiger partial charge in [0.25, 0.3) is 5.91 Å². The van der Waals surface area contributed by atoms with Crippen LogP contribution >= 0.6 is 0 Å². The molecule has 5 rings (SSSR count). The molecule has 1 aliphatic heterocycles. The second kappa shape index (κ2) is 7.32. The van der Waals surface area contributed by atoms with Crippen molar-refractivity contribution in [2.24, 2.45) is 10.8 Å². The van der Waals surface area contributed by atoms with E-state index in [2.05, 4.69) is 20.8 Å². The van der Waals surface area contributed by atoms with Crippen LogP contribution in [0.5, 0.6) is 0 Å². The lowest BCUT2D eigenvalue weighted by atomic mass is 9.65. The Morgan fingerprint density at radius 1 is 1.13 bits per heavy atom. The SMILES string of the molecule is CC1(C)C[C@H]2C[C@](C)(CN2C(=O)COC(=O)c2c3c(nc4ccccc24)CCCC3)C1. The molecule has 1 aromatic heterocycles. The number of hydrogen-bond acceptors (Lipinski definition) is 4. The number of hydrogen-bond donors (Lipinski definition) is 0. The number of rotatable bonds is 3. The van der Waals surface area contributed by atoms with Gasteiger partial charge in [0.2, 0.25) is 0 Å². The first kappa shape index (κ1) is 20.5. The molecule has 0 radical (unpaired) electrons. The predicted octanol–water partition coefficient (Wildman–Crippen LogP) is 4.70. The minimum absolute atomic E-state index is 0.0630. The number of fused-ring (bicyclic) bond motifs is 4. The number of aryl methyl sites for hydroxylation is 1. The molecule has 1 aromatic carbocycles. The standard InChI is InChI=1S/C26H32N2O3/c1-25(2)12-17-13-26(3,15-25)16-28(17)22(29)14-31-24(30)23-18-8-4-6-10-20(18)27-21-11-7-5-9-19(21)23/h4,6,8,10,17H,5,7,9,11-16H2,1-3H3/t17-,26-/m0/s1. The van der Waals surface area contributed by atoms with Crippen molar-refractivity contribution in [2.45, 2.75) is 71.8 Å². The number of pyridine rings is 1. The number of likely N-dealkylation sites (tertiary alicyclic amines) is 1. The summed E-state index contributed by atoms with van der Waals surface area (Å²) in [4.78, 5) is 33.1. The van der Waals surface area contributed by atoms with Crippen molar-refractivity contribution in [2.75, 3.05) is 13.2 Å². The second-order valence-electron chi connectivity index (χ2n) is 10.9. The van der Waals surface area contributed by atoms with Gasteiger partial charge in [-0.15, -0.1) is 0 Å². The van der Waals surface area contributed by atoms with Crippen LogP contribution in [0.1, 0.15) is 74.5 Å². The highest BCUT2D eigenvalue weighted by molar-refractivity contribution is 6.05. The molecule has 1 saturated heterocycles. The van der Waals surface area contributed by atoms with E-state index in [4.69, 9.17) is 9.72 Å². The number of carbonyl (C=O) groups excluding carboxylic acids is 2. The van der Waals surface area contributed by atoms with E-state index in [9.17, 15) is 9.59 Å². The van der Waals surface area contributed by atoms with Gasteiger partial charge in [0.05, 0.1) is 11.1 Å². The molecule has 31 heavy (non-hydrogen) atoms. The molecule has 2 fully saturated rings. The second-order valence-corrected chi connectivity index (χ2v) is 10.9. The van der Waals surface area contributed by atoms with Gasteiger partial charge in [-0.3, -0.25) is 9.78 Å². The summed E-state index contributed by atoms with van der Waals surface area (Å²) in [7, 11) is 0. The van der Waals surface area contributed by atoms with Crippen molar-refractivity contribution in [3.63, 3.8) is 0 Å². The van der Waals surface area contributed by atoms with Gasteiger partial charge in [-0.2, -0.15) is 0 Å². The van der Waals surface area contributed by atoms with Crippen molar-refractivity contribution >= 4 is 22.8 Å². The smallest absolute Gasteiger partial charge is 0.339 e. The number of esters is 1. The van der Waals surface area contributed by atoms with E-state index in [0.29, 0.717) is 5.56 Å². The van der Waals surface area contributed by atoms with E-state index >= 15 is 0 Å². The van der Waals surface area contributed by atoms with E-state index in [1.807, 2.05) is 29.2 Å². The van der Waals surface area contributed by atoms with Gasteiger partial charge in [-0.05, 0) is 67.4 Å². The molecule has 3 aliphatic rings. The lowest BCUT2D eigenvalue weighted by molar-refractivity contribution is -0.135. The third kappa shape index (κ3) is 3.72. The Morgan fingerprint density at radius 2 is 1.90 bits per heavy atom. The molecule has 2 aliphatic carbocycles. The highest BCUT2D eigenvalue weighted by Gasteiger charge is 2.51. The van der Waals surface area contributed by atoms with Gasteiger partial charge >= 0.3 is 5.97 Å².